The van der Waals surface area contributed by atoms with E-state index in [0.29, 0.717) is 23.2 Å². The molecular formula is C14H21FN2O. The summed E-state index contributed by atoms with van der Waals surface area (Å²) in [5.74, 6) is 0.990. The van der Waals surface area contributed by atoms with Crippen LogP contribution in [0.2, 0.25) is 0 Å². The van der Waals surface area contributed by atoms with Gasteiger partial charge in [-0.25, -0.2) is 4.39 Å². The molecule has 1 aliphatic carbocycles. The minimum atomic E-state index is -0.313. The molecule has 0 amide bonds. The molecule has 0 atom stereocenters. The average molecular weight is 252 g/mol. The van der Waals surface area contributed by atoms with Gasteiger partial charge in [0.05, 0.1) is 18.5 Å². The molecule has 100 valence electrons. The van der Waals surface area contributed by atoms with E-state index in [2.05, 4.69) is 12.2 Å². The van der Waals surface area contributed by atoms with Crippen LogP contribution in [0.15, 0.2) is 12.1 Å². The number of rotatable bonds is 3. The summed E-state index contributed by atoms with van der Waals surface area (Å²) in [7, 11) is 1.54. The standard InChI is InChI=1S/C14H21FN2O/c1-9-3-5-10(6-4-9)17-13-8-14(18-2)12(16)7-11(13)15/h7-10,17H,3-6,16H2,1-2H3. The molecule has 1 aromatic rings. The lowest BCUT2D eigenvalue weighted by Gasteiger charge is -2.28. The lowest BCUT2D eigenvalue weighted by Crippen LogP contribution is -2.25. The summed E-state index contributed by atoms with van der Waals surface area (Å²) in [5, 5.41) is 3.26. The van der Waals surface area contributed by atoms with E-state index in [0.717, 1.165) is 18.8 Å². The first-order valence-electron chi connectivity index (χ1n) is 6.49. The van der Waals surface area contributed by atoms with E-state index in [4.69, 9.17) is 10.5 Å². The molecule has 1 saturated carbocycles. The van der Waals surface area contributed by atoms with Crippen LogP contribution >= 0.6 is 0 Å². The highest BCUT2D eigenvalue weighted by molar-refractivity contribution is 5.62. The second-order valence-electron chi connectivity index (χ2n) is 5.18. The molecule has 0 unspecified atom stereocenters. The lowest BCUT2D eigenvalue weighted by molar-refractivity contribution is 0.360. The molecule has 0 bridgehead atoms. The molecular weight excluding hydrogens is 231 g/mol. The molecule has 4 heteroatoms. The molecule has 0 aromatic heterocycles. The summed E-state index contributed by atoms with van der Waals surface area (Å²) in [6.45, 7) is 2.27. The monoisotopic (exact) mass is 252 g/mol. The largest absolute Gasteiger partial charge is 0.495 e. The summed E-state index contributed by atoms with van der Waals surface area (Å²) in [5.41, 5.74) is 6.48. The number of nitrogen functional groups attached to an aromatic ring is 1. The highest BCUT2D eigenvalue weighted by atomic mass is 19.1. The van der Waals surface area contributed by atoms with Gasteiger partial charge in [-0.05, 0) is 31.6 Å². The number of ether oxygens (including phenoxy) is 1. The van der Waals surface area contributed by atoms with Crippen molar-refractivity contribution in [3.8, 4) is 5.75 Å². The molecule has 1 aromatic carbocycles. The Morgan fingerprint density at radius 1 is 1.28 bits per heavy atom. The van der Waals surface area contributed by atoms with Crippen LogP contribution in [0.25, 0.3) is 0 Å². The van der Waals surface area contributed by atoms with Crippen molar-refractivity contribution in [2.24, 2.45) is 5.92 Å². The van der Waals surface area contributed by atoms with E-state index in [9.17, 15) is 4.39 Å². The van der Waals surface area contributed by atoms with Crippen molar-refractivity contribution in [1.29, 1.82) is 0 Å². The molecule has 0 aliphatic heterocycles. The molecule has 18 heavy (non-hydrogen) atoms. The minimum Gasteiger partial charge on any atom is -0.495 e. The van der Waals surface area contributed by atoms with E-state index >= 15 is 0 Å². The smallest absolute Gasteiger partial charge is 0.148 e. The number of nitrogens with two attached hydrogens (primary N) is 1. The van der Waals surface area contributed by atoms with Crippen molar-refractivity contribution < 1.29 is 9.13 Å². The number of anilines is 2. The zero-order valence-corrected chi connectivity index (χ0v) is 11.0. The predicted molar refractivity (Wildman–Crippen MR) is 72.4 cm³/mol. The Hall–Kier alpha value is -1.45. The van der Waals surface area contributed by atoms with Crippen LogP contribution in [0.1, 0.15) is 32.6 Å². The maximum atomic E-state index is 13.8. The number of halogens is 1. The Morgan fingerprint density at radius 2 is 1.94 bits per heavy atom. The number of hydrogen-bond acceptors (Lipinski definition) is 3. The molecule has 1 fully saturated rings. The summed E-state index contributed by atoms with van der Waals surface area (Å²) in [4.78, 5) is 0. The molecule has 0 radical (unpaired) electrons. The SMILES string of the molecule is COc1cc(NC2CCC(C)CC2)c(F)cc1N. The van der Waals surface area contributed by atoms with E-state index in [1.807, 2.05) is 0 Å². The lowest BCUT2D eigenvalue weighted by atomic mass is 9.87. The van der Waals surface area contributed by atoms with Gasteiger partial charge in [-0.3, -0.25) is 0 Å². The number of benzene rings is 1. The quantitative estimate of drug-likeness (QED) is 0.810. The van der Waals surface area contributed by atoms with Crippen LogP contribution in [0, 0.1) is 11.7 Å². The topological polar surface area (TPSA) is 47.3 Å². The van der Waals surface area contributed by atoms with Gasteiger partial charge in [0.15, 0.2) is 0 Å². The van der Waals surface area contributed by atoms with Crippen molar-refractivity contribution >= 4 is 11.4 Å². The first kappa shape index (κ1) is 13.0. The van der Waals surface area contributed by atoms with Gasteiger partial charge in [0.25, 0.3) is 0 Å². The normalized spacial score (nSPS) is 23.7. The Labute approximate surface area is 108 Å². The number of methoxy groups -OCH3 is 1. The minimum absolute atomic E-state index is 0.313. The van der Waals surface area contributed by atoms with Crippen LogP contribution in [0.4, 0.5) is 15.8 Å². The third-order valence-electron chi connectivity index (χ3n) is 3.69. The van der Waals surface area contributed by atoms with Crippen molar-refractivity contribution in [3.63, 3.8) is 0 Å². The van der Waals surface area contributed by atoms with Gasteiger partial charge in [-0.15, -0.1) is 0 Å². The average Bonchev–Trinajstić information content (AvgIpc) is 2.35. The second-order valence-corrected chi connectivity index (χ2v) is 5.18. The highest BCUT2D eigenvalue weighted by Crippen LogP contribution is 2.31. The molecule has 3 N–H and O–H groups in total. The first-order chi connectivity index (χ1) is 8.60. The maximum Gasteiger partial charge on any atom is 0.148 e. The Morgan fingerprint density at radius 3 is 2.56 bits per heavy atom. The van der Waals surface area contributed by atoms with Crippen LogP contribution in [-0.4, -0.2) is 13.2 Å². The summed E-state index contributed by atoms with van der Waals surface area (Å²) in [6.07, 6.45) is 4.58. The Kier molecular flexibility index (Phi) is 3.94. The van der Waals surface area contributed by atoms with E-state index in [1.165, 1.54) is 26.0 Å². The van der Waals surface area contributed by atoms with Crippen LogP contribution < -0.4 is 15.8 Å². The van der Waals surface area contributed by atoms with Gasteiger partial charge < -0.3 is 15.8 Å². The fourth-order valence-corrected chi connectivity index (χ4v) is 2.48. The van der Waals surface area contributed by atoms with Gasteiger partial charge in [0.1, 0.15) is 11.6 Å². The second kappa shape index (κ2) is 5.46. The third-order valence-corrected chi connectivity index (χ3v) is 3.69. The Bertz CT molecular complexity index is 415. The molecule has 0 saturated heterocycles. The molecule has 3 nitrogen and oxygen atoms in total. The fraction of sp³-hybridized carbons (Fsp3) is 0.571. The molecule has 2 rings (SSSR count). The summed E-state index contributed by atoms with van der Waals surface area (Å²) >= 11 is 0. The molecule has 0 spiro atoms. The summed E-state index contributed by atoms with van der Waals surface area (Å²) < 4.78 is 18.9. The number of nitrogens with one attached hydrogen (secondary N) is 1. The van der Waals surface area contributed by atoms with Gasteiger partial charge in [0.2, 0.25) is 0 Å². The fourth-order valence-electron chi connectivity index (χ4n) is 2.48. The van der Waals surface area contributed by atoms with Gasteiger partial charge in [-0.1, -0.05) is 6.92 Å². The van der Waals surface area contributed by atoms with Crippen LogP contribution in [0.3, 0.4) is 0 Å². The van der Waals surface area contributed by atoms with E-state index in [-0.39, 0.29) is 5.82 Å². The van der Waals surface area contributed by atoms with E-state index < -0.39 is 0 Å². The van der Waals surface area contributed by atoms with Gasteiger partial charge in [0, 0.05) is 18.2 Å². The van der Waals surface area contributed by atoms with Gasteiger partial charge in [-0.2, -0.15) is 0 Å². The first-order valence-corrected chi connectivity index (χ1v) is 6.49. The number of hydrogen-bond donors (Lipinski definition) is 2. The highest BCUT2D eigenvalue weighted by Gasteiger charge is 2.19. The van der Waals surface area contributed by atoms with Crippen molar-refractivity contribution in [2.75, 3.05) is 18.2 Å². The van der Waals surface area contributed by atoms with Gasteiger partial charge >= 0.3 is 0 Å². The summed E-state index contributed by atoms with van der Waals surface area (Å²) in [6, 6.07) is 3.30. The van der Waals surface area contributed by atoms with Crippen molar-refractivity contribution in [2.45, 2.75) is 38.6 Å². The third kappa shape index (κ3) is 2.86. The zero-order chi connectivity index (χ0) is 13.1. The van der Waals surface area contributed by atoms with Crippen molar-refractivity contribution in [3.05, 3.63) is 17.9 Å². The van der Waals surface area contributed by atoms with E-state index in [1.54, 1.807) is 6.07 Å². The van der Waals surface area contributed by atoms with Crippen LogP contribution in [0.5, 0.6) is 5.75 Å². The molecule has 0 heterocycles. The molecule has 1 aliphatic rings. The van der Waals surface area contributed by atoms with Crippen molar-refractivity contribution in [1.82, 2.24) is 0 Å². The van der Waals surface area contributed by atoms with Crippen LogP contribution in [-0.2, 0) is 0 Å². The maximum absolute atomic E-state index is 13.8. The zero-order valence-electron chi connectivity index (χ0n) is 11.0. The Balaban J connectivity index is 2.09. The predicted octanol–water partition coefficient (Wildman–Crippen LogP) is 3.41.